The third kappa shape index (κ3) is 6.29. The summed E-state index contributed by atoms with van der Waals surface area (Å²) in [5, 5.41) is 15.0. The highest BCUT2D eigenvalue weighted by atomic mass is 16.5. The highest BCUT2D eigenvalue weighted by Gasteiger charge is 2.21. The first kappa shape index (κ1) is 25.6. The lowest BCUT2D eigenvalue weighted by Crippen LogP contribution is -2.44. The Labute approximate surface area is 219 Å². The third-order valence-corrected chi connectivity index (χ3v) is 7.45. The second-order valence-corrected chi connectivity index (χ2v) is 9.77. The van der Waals surface area contributed by atoms with E-state index in [0.29, 0.717) is 13.0 Å². The fraction of sp³-hybridized carbons (Fsp3) is 0.536. The summed E-state index contributed by atoms with van der Waals surface area (Å²) in [7, 11) is 1.70. The first-order chi connectivity index (χ1) is 18.2. The molecular weight excluding hydrogens is 466 g/mol. The number of anilines is 1. The molecule has 3 aromatic rings. The fourth-order valence-corrected chi connectivity index (χ4v) is 5.26. The maximum Gasteiger partial charge on any atom is 0.161 e. The van der Waals surface area contributed by atoms with Gasteiger partial charge in [0, 0.05) is 75.4 Å². The van der Waals surface area contributed by atoms with Crippen molar-refractivity contribution in [2.45, 2.75) is 19.8 Å². The molecule has 0 unspecified atom stereocenters. The van der Waals surface area contributed by atoms with Crippen LogP contribution >= 0.6 is 0 Å². The van der Waals surface area contributed by atoms with E-state index in [9.17, 15) is 0 Å². The molecule has 5 rings (SSSR count). The van der Waals surface area contributed by atoms with E-state index in [1.54, 1.807) is 7.11 Å². The molecule has 0 spiro atoms. The average Bonchev–Trinajstić information content (AvgIpc) is 3.19. The van der Waals surface area contributed by atoms with Gasteiger partial charge in [0.15, 0.2) is 17.3 Å². The van der Waals surface area contributed by atoms with Gasteiger partial charge in [0.1, 0.15) is 6.61 Å². The first-order valence-corrected chi connectivity index (χ1v) is 13.5. The molecule has 37 heavy (non-hydrogen) atoms. The minimum Gasteiger partial charge on any atom is -0.493 e. The van der Waals surface area contributed by atoms with E-state index in [1.165, 1.54) is 13.0 Å². The van der Waals surface area contributed by atoms with Gasteiger partial charge < -0.3 is 24.6 Å². The maximum atomic E-state index is 6.37. The van der Waals surface area contributed by atoms with Gasteiger partial charge >= 0.3 is 0 Å². The van der Waals surface area contributed by atoms with Crippen molar-refractivity contribution in [2.24, 2.45) is 0 Å². The molecule has 2 aliphatic rings. The molecular formula is C28H39N7O2. The number of nitrogens with one attached hydrogen (secondary N) is 1. The lowest BCUT2D eigenvalue weighted by Gasteiger charge is -2.29. The molecule has 2 saturated heterocycles. The zero-order valence-electron chi connectivity index (χ0n) is 22.2. The van der Waals surface area contributed by atoms with E-state index < -0.39 is 0 Å². The Morgan fingerprint density at radius 3 is 2.43 bits per heavy atom. The van der Waals surface area contributed by atoms with E-state index in [4.69, 9.17) is 14.6 Å². The average molecular weight is 506 g/mol. The number of rotatable bonds is 9. The molecule has 0 radical (unpaired) electrons. The Balaban J connectivity index is 1.41. The Bertz CT molecular complexity index is 1150. The van der Waals surface area contributed by atoms with Crippen LogP contribution in [0.4, 0.5) is 5.82 Å². The lowest BCUT2D eigenvalue weighted by molar-refractivity contribution is 0.206. The minimum absolute atomic E-state index is 0.624. The van der Waals surface area contributed by atoms with Crippen LogP contribution in [-0.4, -0.2) is 104 Å². The molecule has 0 saturated carbocycles. The Kier molecular flexibility index (Phi) is 8.65. The number of nitrogens with zero attached hydrogens (tertiary/aromatic N) is 6. The van der Waals surface area contributed by atoms with E-state index in [2.05, 4.69) is 49.2 Å². The van der Waals surface area contributed by atoms with E-state index >= 15 is 0 Å². The highest BCUT2D eigenvalue weighted by molar-refractivity contribution is 5.96. The fourth-order valence-electron chi connectivity index (χ4n) is 5.26. The number of likely N-dealkylation sites (N-methyl/N-ethyl adjacent to an activating group) is 1. The van der Waals surface area contributed by atoms with Gasteiger partial charge in [-0.1, -0.05) is 6.92 Å². The first-order valence-electron chi connectivity index (χ1n) is 13.5. The minimum atomic E-state index is 0.624. The predicted octanol–water partition coefficient (Wildman–Crippen LogP) is 2.44. The van der Waals surface area contributed by atoms with Crippen LogP contribution in [0.3, 0.4) is 0 Å². The molecule has 1 aromatic carbocycles. The van der Waals surface area contributed by atoms with Crippen LogP contribution in [0.15, 0.2) is 36.7 Å². The number of hydrogen-bond donors (Lipinski definition) is 1. The second-order valence-electron chi connectivity index (χ2n) is 9.77. The molecule has 0 aliphatic carbocycles. The summed E-state index contributed by atoms with van der Waals surface area (Å²) >= 11 is 0. The molecule has 0 bridgehead atoms. The summed E-state index contributed by atoms with van der Waals surface area (Å²) in [6, 6.07) is 8.23. The maximum absolute atomic E-state index is 6.37. The Hall–Kier alpha value is -3.01. The van der Waals surface area contributed by atoms with Gasteiger partial charge in [0.2, 0.25) is 0 Å². The SMILES string of the molecule is CCN1CCCN(CCOc2cc3c(N4CCNCC4)nnc(Cc4ccncc4)c3cc2OC)CC1. The predicted molar refractivity (Wildman–Crippen MR) is 147 cm³/mol. The molecule has 2 aliphatic heterocycles. The summed E-state index contributed by atoms with van der Waals surface area (Å²) in [6.07, 6.45) is 5.52. The van der Waals surface area contributed by atoms with E-state index in [0.717, 1.165) is 98.2 Å². The van der Waals surface area contributed by atoms with Crippen molar-refractivity contribution in [2.75, 3.05) is 84.1 Å². The Morgan fingerprint density at radius 1 is 0.892 bits per heavy atom. The van der Waals surface area contributed by atoms with Crippen LogP contribution in [0.25, 0.3) is 10.8 Å². The van der Waals surface area contributed by atoms with Gasteiger partial charge in [-0.15, -0.1) is 5.10 Å². The van der Waals surface area contributed by atoms with E-state index in [-0.39, 0.29) is 0 Å². The van der Waals surface area contributed by atoms with Gasteiger partial charge in [-0.3, -0.25) is 9.88 Å². The van der Waals surface area contributed by atoms with Crippen molar-refractivity contribution in [3.8, 4) is 11.5 Å². The summed E-state index contributed by atoms with van der Waals surface area (Å²) in [5.74, 6) is 2.41. The summed E-state index contributed by atoms with van der Waals surface area (Å²) in [4.78, 5) is 11.5. The molecule has 0 atom stereocenters. The van der Waals surface area contributed by atoms with Crippen molar-refractivity contribution in [3.05, 3.63) is 47.9 Å². The number of pyridine rings is 1. The van der Waals surface area contributed by atoms with Crippen LogP contribution in [0.5, 0.6) is 11.5 Å². The monoisotopic (exact) mass is 505 g/mol. The number of piperazine rings is 1. The van der Waals surface area contributed by atoms with Gasteiger partial charge in [0.25, 0.3) is 0 Å². The Morgan fingerprint density at radius 2 is 1.65 bits per heavy atom. The van der Waals surface area contributed by atoms with Gasteiger partial charge in [-0.05, 0) is 55.9 Å². The number of aromatic nitrogens is 3. The van der Waals surface area contributed by atoms with Crippen molar-refractivity contribution in [3.63, 3.8) is 0 Å². The topological polar surface area (TPSA) is 78.9 Å². The van der Waals surface area contributed by atoms with Crippen molar-refractivity contribution in [1.29, 1.82) is 0 Å². The molecule has 4 heterocycles. The summed E-state index contributed by atoms with van der Waals surface area (Å²) in [5.41, 5.74) is 2.08. The smallest absolute Gasteiger partial charge is 0.161 e. The second kappa shape index (κ2) is 12.5. The van der Waals surface area contributed by atoms with Crippen molar-refractivity contribution < 1.29 is 9.47 Å². The van der Waals surface area contributed by atoms with Gasteiger partial charge in [-0.25, -0.2) is 0 Å². The largest absolute Gasteiger partial charge is 0.493 e. The molecule has 9 heteroatoms. The highest BCUT2D eigenvalue weighted by Crippen LogP contribution is 2.37. The summed E-state index contributed by atoms with van der Waals surface area (Å²) < 4.78 is 12.2. The molecule has 1 N–H and O–H groups in total. The third-order valence-electron chi connectivity index (χ3n) is 7.45. The van der Waals surface area contributed by atoms with E-state index in [1.807, 2.05) is 24.5 Å². The number of ether oxygens (including phenoxy) is 2. The lowest BCUT2D eigenvalue weighted by atomic mass is 10.0. The number of benzene rings is 1. The number of fused-ring (bicyclic) bond motifs is 1. The molecule has 198 valence electrons. The van der Waals surface area contributed by atoms with Crippen LogP contribution in [0.2, 0.25) is 0 Å². The van der Waals surface area contributed by atoms with Crippen molar-refractivity contribution in [1.82, 2.24) is 30.3 Å². The zero-order chi connectivity index (χ0) is 25.5. The van der Waals surface area contributed by atoms with Gasteiger partial charge in [0.05, 0.1) is 12.8 Å². The van der Waals surface area contributed by atoms with Crippen LogP contribution in [0.1, 0.15) is 24.6 Å². The van der Waals surface area contributed by atoms with Crippen LogP contribution < -0.4 is 19.7 Å². The zero-order valence-corrected chi connectivity index (χ0v) is 22.2. The molecule has 2 fully saturated rings. The van der Waals surface area contributed by atoms with Gasteiger partial charge in [-0.2, -0.15) is 5.10 Å². The number of methoxy groups -OCH3 is 1. The van der Waals surface area contributed by atoms with Crippen LogP contribution in [-0.2, 0) is 6.42 Å². The molecule has 0 amide bonds. The molecule has 9 nitrogen and oxygen atoms in total. The number of hydrogen-bond acceptors (Lipinski definition) is 9. The normalized spacial score (nSPS) is 17.6. The summed E-state index contributed by atoms with van der Waals surface area (Å²) in [6.45, 7) is 13.1. The van der Waals surface area contributed by atoms with Crippen molar-refractivity contribution >= 4 is 16.6 Å². The standard InChI is InChI=1S/C28H39N7O2/c1-3-33-11-4-12-34(16-15-33)17-18-37-27-21-24-23(20-26(27)36-2)25(19-22-5-7-29-8-6-22)31-32-28(24)35-13-9-30-10-14-35/h5-8,20-21,30H,3-4,9-19H2,1-2H3. The quantitative estimate of drug-likeness (QED) is 0.472. The molecule has 2 aromatic heterocycles. The van der Waals surface area contributed by atoms with Crippen LogP contribution in [0, 0.1) is 0 Å².